The van der Waals surface area contributed by atoms with Gasteiger partial charge in [-0.1, -0.05) is 75.2 Å². The van der Waals surface area contributed by atoms with Gasteiger partial charge in [-0.3, -0.25) is 0 Å². The van der Waals surface area contributed by atoms with E-state index in [9.17, 15) is 5.11 Å². The van der Waals surface area contributed by atoms with Crippen LogP contribution in [-0.2, 0) is 0 Å². The Morgan fingerprint density at radius 1 is 0.786 bits per heavy atom. The van der Waals surface area contributed by atoms with Gasteiger partial charge in [-0.2, -0.15) is 0 Å². The molecule has 1 unspecified atom stereocenters. The van der Waals surface area contributed by atoms with Crippen molar-refractivity contribution in [2.45, 2.75) is 52.1 Å². The molecule has 3 aromatic rings. The summed E-state index contributed by atoms with van der Waals surface area (Å²) in [5.74, 6) is 0. The molecule has 0 spiro atoms. The maximum absolute atomic E-state index is 11.1. The van der Waals surface area contributed by atoms with Crippen LogP contribution in [0.4, 0.5) is 0 Å². The van der Waals surface area contributed by atoms with E-state index in [4.69, 9.17) is 0 Å². The number of hydrogen-bond donors (Lipinski definition) is 1. The normalized spacial score (nSPS) is 12.4. The van der Waals surface area contributed by atoms with Crippen LogP contribution < -0.4 is 0 Å². The van der Waals surface area contributed by atoms with Crippen molar-refractivity contribution < 1.29 is 5.11 Å². The monoisotopic (exact) mass is 399 g/mol. The highest BCUT2D eigenvalue weighted by Gasteiger charge is 2.15. The van der Waals surface area contributed by atoms with E-state index in [1.165, 1.54) is 47.2 Å². The summed E-state index contributed by atoms with van der Waals surface area (Å²) in [6, 6.07) is 19.1. The fourth-order valence-corrected chi connectivity index (χ4v) is 3.92. The first kappa shape index (κ1) is 22.7. The van der Waals surface area contributed by atoms with Gasteiger partial charge in [0.05, 0.1) is 6.10 Å². The maximum Gasteiger partial charge on any atom is 0.0808 e. The number of benzene rings is 3. The van der Waals surface area contributed by atoms with Crippen molar-refractivity contribution in [2.24, 2.45) is 0 Å². The molecule has 0 radical (unpaired) electrons. The van der Waals surface area contributed by atoms with Gasteiger partial charge in [0.2, 0.25) is 0 Å². The van der Waals surface area contributed by atoms with E-state index in [-0.39, 0.29) is 12.4 Å². The van der Waals surface area contributed by atoms with Crippen molar-refractivity contribution in [2.75, 3.05) is 19.6 Å². The number of nitrogens with zero attached hydrogens (tertiary/aromatic N) is 1. The third kappa shape index (κ3) is 5.47. The average Bonchev–Trinajstić information content (AvgIpc) is 2.72. The highest BCUT2D eigenvalue weighted by molar-refractivity contribution is 6.09. The van der Waals surface area contributed by atoms with Crippen molar-refractivity contribution in [1.82, 2.24) is 4.90 Å². The topological polar surface area (TPSA) is 23.5 Å². The molecule has 0 aliphatic heterocycles. The second kappa shape index (κ2) is 11.4. The van der Waals surface area contributed by atoms with Crippen molar-refractivity contribution in [3.63, 3.8) is 0 Å². The number of aliphatic hydroxyl groups excluding tert-OH is 1. The number of hydrogen-bond acceptors (Lipinski definition) is 2. The number of unbranched alkanes of at least 4 members (excludes halogenated alkanes) is 2. The van der Waals surface area contributed by atoms with E-state index >= 15 is 0 Å². The van der Waals surface area contributed by atoms with E-state index in [0.717, 1.165) is 31.6 Å². The molecule has 0 aromatic heterocycles. The molecule has 3 rings (SSSR count). The van der Waals surface area contributed by atoms with Gasteiger partial charge in [0.25, 0.3) is 0 Å². The summed E-state index contributed by atoms with van der Waals surface area (Å²) in [6.45, 7) is 7.73. The molecule has 1 N–H and O–H groups in total. The zero-order valence-corrected chi connectivity index (χ0v) is 18.0. The van der Waals surface area contributed by atoms with Crippen LogP contribution in [0.3, 0.4) is 0 Å². The highest BCUT2D eigenvalue weighted by atomic mass is 35.5. The summed E-state index contributed by atoms with van der Waals surface area (Å²) < 4.78 is 0. The first-order valence-corrected chi connectivity index (χ1v) is 10.6. The first-order chi connectivity index (χ1) is 13.2. The number of halogens is 1. The standard InChI is InChI=1S/C25H33NO.ClH/c1-3-5-16-26(17-6-4-2)18-15-25(27)24-19-20-11-7-8-12-21(20)22-13-9-10-14-23(22)24;/h7-14,19,25,27H,3-6,15-18H2,1-2H3;1H. The SMILES string of the molecule is CCCCN(CCCC)CCC(O)c1cc2ccccc2c2ccccc12.Cl. The Balaban J connectivity index is 0.00000280. The molecule has 0 saturated carbocycles. The molecule has 28 heavy (non-hydrogen) atoms. The van der Waals surface area contributed by atoms with Crippen LogP contribution in [0, 0.1) is 0 Å². The zero-order valence-electron chi connectivity index (χ0n) is 17.2. The molecule has 0 bridgehead atoms. The molecular weight excluding hydrogens is 366 g/mol. The second-order valence-electron chi connectivity index (χ2n) is 7.59. The van der Waals surface area contributed by atoms with E-state index in [0.29, 0.717) is 0 Å². The van der Waals surface area contributed by atoms with E-state index in [2.05, 4.69) is 73.3 Å². The van der Waals surface area contributed by atoms with Gasteiger partial charge in [-0.05, 0) is 65.5 Å². The minimum absolute atomic E-state index is 0. The molecule has 2 nitrogen and oxygen atoms in total. The van der Waals surface area contributed by atoms with Gasteiger partial charge in [0, 0.05) is 6.54 Å². The van der Waals surface area contributed by atoms with Crippen LogP contribution in [0.2, 0.25) is 0 Å². The molecular formula is C25H34ClNO. The third-order valence-electron chi connectivity index (χ3n) is 5.53. The fraction of sp³-hybridized carbons (Fsp3) is 0.440. The quantitative estimate of drug-likeness (QED) is 0.381. The lowest BCUT2D eigenvalue weighted by Crippen LogP contribution is -2.28. The summed E-state index contributed by atoms with van der Waals surface area (Å²) in [7, 11) is 0. The largest absolute Gasteiger partial charge is 0.388 e. The fourth-order valence-electron chi connectivity index (χ4n) is 3.92. The van der Waals surface area contributed by atoms with Gasteiger partial charge in [-0.15, -0.1) is 12.4 Å². The van der Waals surface area contributed by atoms with Crippen molar-refractivity contribution in [3.05, 3.63) is 60.2 Å². The van der Waals surface area contributed by atoms with Crippen LogP contribution >= 0.6 is 12.4 Å². The molecule has 152 valence electrons. The average molecular weight is 400 g/mol. The Labute approximate surface area is 176 Å². The third-order valence-corrected chi connectivity index (χ3v) is 5.53. The molecule has 0 heterocycles. The lowest BCUT2D eigenvalue weighted by molar-refractivity contribution is 0.142. The van der Waals surface area contributed by atoms with Crippen molar-refractivity contribution in [3.8, 4) is 0 Å². The molecule has 0 aliphatic rings. The van der Waals surface area contributed by atoms with Crippen molar-refractivity contribution >= 4 is 34.0 Å². The molecule has 0 saturated heterocycles. The van der Waals surface area contributed by atoms with Gasteiger partial charge in [0.1, 0.15) is 0 Å². The Kier molecular flexibility index (Phi) is 9.24. The summed E-state index contributed by atoms with van der Waals surface area (Å²) in [5.41, 5.74) is 1.07. The molecule has 1 atom stereocenters. The van der Waals surface area contributed by atoms with Crippen molar-refractivity contribution in [1.29, 1.82) is 0 Å². The Hall–Kier alpha value is -1.61. The summed E-state index contributed by atoms with van der Waals surface area (Å²) in [4.78, 5) is 2.53. The lowest BCUT2D eigenvalue weighted by atomic mass is 9.93. The van der Waals surface area contributed by atoms with E-state index in [1.54, 1.807) is 0 Å². The predicted molar refractivity (Wildman–Crippen MR) is 125 cm³/mol. The predicted octanol–water partition coefficient (Wildman–Crippen LogP) is 6.74. The van der Waals surface area contributed by atoms with Crippen LogP contribution in [0.25, 0.3) is 21.5 Å². The number of rotatable bonds is 10. The Morgan fingerprint density at radius 3 is 2.00 bits per heavy atom. The second-order valence-corrected chi connectivity index (χ2v) is 7.59. The minimum Gasteiger partial charge on any atom is -0.388 e. The zero-order chi connectivity index (χ0) is 19.1. The van der Waals surface area contributed by atoms with Crippen LogP contribution in [0.15, 0.2) is 54.6 Å². The van der Waals surface area contributed by atoms with E-state index in [1.807, 2.05) is 0 Å². The highest BCUT2D eigenvalue weighted by Crippen LogP contribution is 2.33. The number of fused-ring (bicyclic) bond motifs is 3. The first-order valence-electron chi connectivity index (χ1n) is 10.6. The lowest BCUT2D eigenvalue weighted by Gasteiger charge is -2.24. The van der Waals surface area contributed by atoms with Gasteiger partial charge in [-0.25, -0.2) is 0 Å². The maximum atomic E-state index is 11.1. The Morgan fingerprint density at radius 2 is 1.36 bits per heavy atom. The van der Waals surface area contributed by atoms with Gasteiger partial charge in [0.15, 0.2) is 0 Å². The smallest absolute Gasteiger partial charge is 0.0808 e. The van der Waals surface area contributed by atoms with Crippen LogP contribution in [0.1, 0.15) is 57.6 Å². The Bertz CT molecular complexity index is 855. The molecule has 3 heteroatoms. The van der Waals surface area contributed by atoms with Crippen LogP contribution in [-0.4, -0.2) is 29.6 Å². The molecule has 0 fully saturated rings. The number of aliphatic hydroxyl groups is 1. The summed E-state index contributed by atoms with van der Waals surface area (Å²) in [6.07, 6.45) is 5.28. The van der Waals surface area contributed by atoms with Gasteiger partial charge < -0.3 is 10.0 Å². The summed E-state index contributed by atoms with van der Waals surface area (Å²) >= 11 is 0. The summed E-state index contributed by atoms with van der Waals surface area (Å²) in [5, 5.41) is 15.9. The molecule has 0 amide bonds. The van der Waals surface area contributed by atoms with E-state index < -0.39 is 6.10 Å². The molecule has 3 aromatic carbocycles. The minimum atomic E-state index is -0.426. The van der Waals surface area contributed by atoms with Gasteiger partial charge >= 0.3 is 0 Å². The molecule has 0 aliphatic carbocycles. The van der Waals surface area contributed by atoms with Crippen LogP contribution in [0.5, 0.6) is 0 Å².